The second-order valence-corrected chi connectivity index (χ2v) is 5.51. The number of carbonyl (C=O) groups excluding carboxylic acids is 2. The second kappa shape index (κ2) is 4.81. The minimum Gasteiger partial charge on any atom is -0.477 e. The smallest absolute Gasteiger partial charge is 0.352 e. The maximum absolute atomic E-state index is 11.5. The first kappa shape index (κ1) is 13.2. The Morgan fingerprint density at radius 3 is 2.72 bits per heavy atom. The summed E-state index contributed by atoms with van der Waals surface area (Å²) in [6, 6.07) is 0. The van der Waals surface area contributed by atoms with E-state index in [4.69, 9.17) is 11.6 Å². The summed E-state index contributed by atoms with van der Waals surface area (Å²) < 4.78 is 0. The molecule has 0 bridgehead atoms. The molecule has 98 valence electrons. The lowest BCUT2D eigenvalue weighted by Crippen LogP contribution is -2.57. The number of β-lactam (4-membered cyclic amide) rings is 1. The predicted octanol–water partition coefficient (Wildman–Crippen LogP) is 0.331. The van der Waals surface area contributed by atoms with Gasteiger partial charge in [0.2, 0.25) is 11.8 Å². The van der Waals surface area contributed by atoms with Crippen molar-refractivity contribution in [3.8, 4) is 0 Å². The van der Waals surface area contributed by atoms with Crippen LogP contribution < -0.4 is 5.32 Å². The molecule has 2 N–H and O–H groups in total. The highest BCUT2D eigenvalue weighted by Gasteiger charge is 2.48. The SMILES string of the molecule is CC(=O)NC1SC2CC(=O)N2C(C(=O)O)=C1CCl. The first-order valence-electron chi connectivity index (χ1n) is 5.22. The van der Waals surface area contributed by atoms with Crippen molar-refractivity contribution in [3.05, 3.63) is 11.3 Å². The Morgan fingerprint density at radius 2 is 2.28 bits per heavy atom. The molecule has 2 amide bonds. The predicted molar refractivity (Wildman–Crippen MR) is 65.8 cm³/mol. The molecular formula is C10H11ClN2O4S. The average Bonchev–Trinajstić information content (AvgIpc) is 2.26. The molecule has 2 atom stereocenters. The molecule has 0 aliphatic carbocycles. The number of carbonyl (C=O) groups is 3. The van der Waals surface area contributed by atoms with Gasteiger partial charge in [0.1, 0.15) is 11.1 Å². The minimum absolute atomic E-state index is 0.0456. The molecule has 18 heavy (non-hydrogen) atoms. The molecule has 0 saturated carbocycles. The number of nitrogens with one attached hydrogen (secondary N) is 1. The van der Waals surface area contributed by atoms with E-state index in [2.05, 4.69) is 5.32 Å². The summed E-state index contributed by atoms with van der Waals surface area (Å²) in [7, 11) is 0. The molecule has 2 aliphatic heterocycles. The first-order chi connectivity index (χ1) is 8.45. The van der Waals surface area contributed by atoms with E-state index in [0.29, 0.717) is 5.57 Å². The average molecular weight is 291 g/mol. The number of nitrogens with zero attached hydrogens (tertiary/aromatic N) is 1. The van der Waals surface area contributed by atoms with Crippen LogP contribution in [0.2, 0.25) is 0 Å². The summed E-state index contributed by atoms with van der Waals surface area (Å²) in [5.74, 6) is -1.73. The van der Waals surface area contributed by atoms with Crippen LogP contribution in [0.1, 0.15) is 13.3 Å². The van der Waals surface area contributed by atoms with Crippen molar-refractivity contribution in [2.75, 3.05) is 5.88 Å². The van der Waals surface area contributed by atoms with Crippen molar-refractivity contribution >= 4 is 41.1 Å². The van der Waals surface area contributed by atoms with Gasteiger partial charge < -0.3 is 10.4 Å². The third-order valence-corrected chi connectivity index (χ3v) is 4.40. The van der Waals surface area contributed by atoms with Crippen molar-refractivity contribution in [2.45, 2.75) is 24.1 Å². The van der Waals surface area contributed by atoms with Gasteiger partial charge in [-0.2, -0.15) is 0 Å². The van der Waals surface area contributed by atoms with Crippen molar-refractivity contribution in [3.63, 3.8) is 0 Å². The lowest BCUT2D eigenvalue weighted by molar-refractivity contribution is -0.146. The summed E-state index contributed by atoms with van der Waals surface area (Å²) in [6.07, 6.45) is 0.285. The highest BCUT2D eigenvalue weighted by atomic mass is 35.5. The lowest BCUT2D eigenvalue weighted by Gasteiger charge is -2.46. The maximum Gasteiger partial charge on any atom is 0.352 e. The molecule has 6 nitrogen and oxygen atoms in total. The first-order valence-corrected chi connectivity index (χ1v) is 6.70. The van der Waals surface area contributed by atoms with Gasteiger partial charge in [0, 0.05) is 18.4 Å². The van der Waals surface area contributed by atoms with Crippen LogP contribution in [-0.4, -0.2) is 44.4 Å². The molecule has 2 heterocycles. The molecule has 1 fully saturated rings. The quantitative estimate of drug-likeness (QED) is 0.578. The second-order valence-electron chi connectivity index (χ2n) is 3.95. The van der Waals surface area contributed by atoms with E-state index >= 15 is 0 Å². The third-order valence-electron chi connectivity index (χ3n) is 2.74. The molecule has 2 aliphatic rings. The Bertz CT molecular complexity index is 465. The largest absolute Gasteiger partial charge is 0.477 e. The Labute approximate surface area is 112 Å². The van der Waals surface area contributed by atoms with Crippen LogP contribution in [0.4, 0.5) is 0 Å². The number of halogens is 1. The van der Waals surface area contributed by atoms with Crippen molar-refractivity contribution in [2.24, 2.45) is 0 Å². The summed E-state index contributed by atoms with van der Waals surface area (Å²) >= 11 is 7.09. The third kappa shape index (κ3) is 2.08. The fourth-order valence-corrected chi connectivity index (χ4v) is 3.83. The van der Waals surface area contributed by atoms with Crippen molar-refractivity contribution in [1.29, 1.82) is 0 Å². The van der Waals surface area contributed by atoms with Crippen LogP contribution in [0.3, 0.4) is 0 Å². The zero-order valence-corrected chi connectivity index (χ0v) is 11.0. The van der Waals surface area contributed by atoms with Gasteiger partial charge in [-0.05, 0) is 0 Å². The maximum atomic E-state index is 11.5. The van der Waals surface area contributed by atoms with E-state index in [1.165, 1.54) is 23.6 Å². The number of hydrogen-bond donors (Lipinski definition) is 2. The monoisotopic (exact) mass is 290 g/mol. The van der Waals surface area contributed by atoms with E-state index in [9.17, 15) is 19.5 Å². The highest BCUT2D eigenvalue weighted by Crippen LogP contribution is 2.43. The Kier molecular flexibility index (Phi) is 3.54. The van der Waals surface area contributed by atoms with Gasteiger partial charge in [0.15, 0.2) is 0 Å². The summed E-state index contributed by atoms with van der Waals surface area (Å²) in [5, 5.41) is 11.1. The Balaban J connectivity index is 2.40. The van der Waals surface area contributed by atoms with Crippen LogP contribution in [0.15, 0.2) is 11.3 Å². The van der Waals surface area contributed by atoms with E-state index in [1.54, 1.807) is 0 Å². The van der Waals surface area contributed by atoms with Crippen LogP contribution in [0.25, 0.3) is 0 Å². The highest BCUT2D eigenvalue weighted by molar-refractivity contribution is 8.00. The number of carboxylic acid groups (broad SMARTS) is 1. The molecule has 0 aromatic rings. The Morgan fingerprint density at radius 1 is 1.61 bits per heavy atom. The van der Waals surface area contributed by atoms with Crippen LogP contribution >= 0.6 is 23.4 Å². The van der Waals surface area contributed by atoms with E-state index < -0.39 is 11.3 Å². The molecule has 0 aromatic carbocycles. The van der Waals surface area contributed by atoms with E-state index in [1.807, 2.05) is 0 Å². The van der Waals surface area contributed by atoms with Crippen LogP contribution in [0, 0.1) is 0 Å². The lowest BCUT2D eigenvalue weighted by atomic mass is 10.1. The fraction of sp³-hybridized carbons (Fsp3) is 0.500. The van der Waals surface area contributed by atoms with Gasteiger partial charge in [-0.3, -0.25) is 14.5 Å². The number of thioether (sulfide) groups is 1. The number of alkyl halides is 1. The zero-order valence-electron chi connectivity index (χ0n) is 9.47. The summed E-state index contributed by atoms with van der Waals surface area (Å²) in [5.41, 5.74) is 0.261. The van der Waals surface area contributed by atoms with Gasteiger partial charge >= 0.3 is 5.97 Å². The summed E-state index contributed by atoms with van der Waals surface area (Å²) in [4.78, 5) is 35.1. The van der Waals surface area contributed by atoms with Crippen LogP contribution in [-0.2, 0) is 14.4 Å². The molecule has 0 spiro atoms. The van der Waals surface area contributed by atoms with E-state index in [-0.39, 0.29) is 35.2 Å². The van der Waals surface area contributed by atoms with E-state index in [0.717, 1.165) is 0 Å². The number of hydrogen-bond acceptors (Lipinski definition) is 4. The Hall–Kier alpha value is -1.21. The molecule has 0 radical (unpaired) electrons. The fourth-order valence-electron chi connectivity index (χ4n) is 1.96. The van der Waals surface area contributed by atoms with Crippen LogP contribution in [0.5, 0.6) is 0 Å². The van der Waals surface area contributed by atoms with Crippen molar-refractivity contribution in [1.82, 2.24) is 10.2 Å². The van der Waals surface area contributed by atoms with Gasteiger partial charge in [0.05, 0.1) is 11.8 Å². The number of rotatable bonds is 3. The zero-order chi connectivity index (χ0) is 13.4. The molecule has 1 saturated heterocycles. The van der Waals surface area contributed by atoms with Gasteiger partial charge in [-0.25, -0.2) is 4.79 Å². The normalized spacial score (nSPS) is 26.6. The molecule has 2 unspecified atom stereocenters. The molecular weight excluding hydrogens is 280 g/mol. The summed E-state index contributed by atoms with van der Waals surface area (Å²) in [6.45, 7) is 1.35. The van der Waals surface area contributed by atoms with Gasteiger partial charge in [-0.1, -0.05) is 0 Å². The van der Waals surface area contributed by atoms with Gasteiger partial charge in [0.25, 0.3) is 0 Å². The number of amides is 2. The number of aliphatic carboxylic acids is 1. The molecule has 0 aromatic heterocycles. The topological polar surface area (TPSA) is 86.7 Å². The standard InChI is InChI=1S/C10H11ClN2O4S/c1-4(14)12-9-5(3-11)8(10(16)17)13-6(15)2-7(13)18-9/h7,9H,2-3H2,1H3,(H,12,14)(H,16,17). The van der Waals surface area contributed by atoms with Gasteiger partial charge in [-0.15, -0.1) is 23.4 Å². The molecule has 8 heteroatoms. The van der Waals surface area contributed by atoms with Crippen molar-refractivity contribution < 1.29 is 19.5 Å². The minimum atomic E-state index is -1.20. The number of fused-ring (bicyclic) bond motifs is 1. The molecule has 2 rings (SSSR count). The number of carboxylic acids is 1.